The molecule has 1 heterocycles. The fourth-order valence-corrected chi connectivity index (χ4v) is 3.75. The van der Waals surface area contributed by atoms with Crippen molar-refractivity contribution in [3.63, 3.8) is 0 Å². The lowest BCUT2D eigenvalue weighted by atomic mass is 10.2. The summed E-state index contributed by atoms with van der Waals surface area (Å²) in [5, 5.41) is 17.1. The highest BCUT2D eigenvalue weighted by Gasteiger charge is 2.17. The van der Waals surface area contributed by atoms with Gasteiger partial charge in [-0.3, -0.25) is 0 Å². The minimum absolute atomic E-state index is 0.0413. The molecule has 1 N–H and O–H groups in total. The van der Waals surface area contributed by atoms with Gasteiger partial charge in [-0.2, -0.15) is 0 Å². The third-order valence-corrected chi connectivity index (χ3v) is 4.43. The molecule has 0 fully saturated rings. The minimum Gasteiger partial charge on any atom is -0.492 e. The number of carbonyl (C=O) groups is 1. The molecule has 0 bridgehead atoms. The monoisotopic (exact) mass is 462 g/mol. The molecule has 2 aromatic rings. The first-order valence-corrected chi connectivity index (χ1v) is 8.85. The van der Waals surface area contributed by atoms with Crippen molar-refractivity contribution in [1.82, 2.24) is 10.2 Å². The molecule has 9 heteroatoms. The topological polar surface area (TPSA) is 85.5 Å². The Morgan fingerprint density at radius 3 is 2.74 bits per heavy atom. The van der Waals surface area contributed by atoms with Crippen LogP contribution >= 0.6 is 43.6 Å². The third kappa shape index (κ3) is 4.82. The highest BCUT2D eigenvalue weighted by Crippen LogP contribution is 2.36. The van der Waals surface area contributed by atoms with Gasteiger partial charge in [0.1, 0.15) is 10.7 Å². The summed E-state index contributed by atoms with van der Waals surface area (Å²) in [4.78, 5) is 11.6. The van der Waals surface area contributed by atoms with Gasteiger partial charge in [0.05, 0.1) is 11.1 Å². The molecular formula is C14H12Br2N2O4S. The number of aryl methyl sites for hydroxylation is 1. The van der Waals surface area contributed by atoms with Crippen molar-refractivity contribution in [2.75, 3.05) is 6.61 Å². The van der Waals surface area contributed by atoms with E-state index in [9.17, 15) is 9.90 Å². The van der Waals surface area contributed by atoms with Crippen LogP contribution in [0.4, 0.5) is 0 Å². The van der Waals surface area contributed by atoms with E-state index in [1.165, 1.54) is 6.08 Å². The summed E-state index contributed by atoms with van der Waals surface area (Å²) >= 11 is 7.69. The van der Waals surface area contributed by atoms with Gasteiger partial charge in [0.15, 0.2) is 0 Å². The molecule has 0 aliphatic rings. The second kappa shape index (κ2) is 7.98. The lowest BCUT2D eigenvalue weighted by Crippen LogP contribution is -1.99. The molecule has 1 aromatic heterocycles. The lowest BCUT2D eigenvalue weighted by Gasteiger charge is -2.11. The molecule has 0 aliphatic heterocycles. The number of nitrogens with zero attached hydrogens (tertiary/aromatic N) is 2. The average Bonchev–Trinajstić information content (AvgIpc) is 2.87. The summed E-state index contributed by atoms with van der Waals surface area (Å²) in [7, 11) is 0. The molecule has 0 amide bonds. The molecular weight excluding hydrogens is 452 g/mol. The van der Waals surface area contributed by atoms with Gasteiger partial charge in [-0.1, -0.05) is 15.9 Å². The van der Waals surface area contributed by atoms with E-state index in [1.54, 1.807) is 13.0 Å². The Morgan fingerprint density at radius 1 is 1.43 bits per heavy atom. The summed E-state index contributed by atoms with van der Waals surface area (Å²) in [6, 6.07) is 3.61. The SMILES string of the molecule is CCOc1c(Br)cc(Br)cc1/C=C(\Sc1nnc(C)o1)C(=O)O. The number of aromatic nitrogens is 2. The molecule has 0 atom stereocenters. The van der Waals surface area contributed by atoms with Gasteiger partial charge in [-0.25, -0.2) is 4.79 Å². The van der Waals surface area contributed by atoms with E-state index in [-0.39, 0.29) is 10.1 Å². The van der Waals surface area contributed by atoms with Gasteiger partial charge in [0.25, 0.3) is 5.22 Å². The number of hydrogen-bond donors (Lipinski definition) is 1. The van der Waals surface area contributed by atoms with Crippen LogP contribution in [0.3, 0.4) is 0 Å². The summed E-state index contributed by atoms with van der Waals surface area (Å²) in [6.07, 6.45) is 1.51. The van der Waals surface area contributed by atoms with Crippen LogP contribution in [0, 0.1) is 6.92 Å². The van der Waals surface area contributed by atoms with Gasteiger partial charge < -0.3 is 14.3 Å². The predicted octanol–water partition coefficient (Wildman–Crippen LogP) is 4.52. The maximum Gasteiger partial charge on any atom is 0.342 e. The number of carboxylic acids is 1. The van der Waals surface area contributed by atoms with Crippen LogP contribution < -0.4 is 4.74 Å². The number of ether oxygens (including phenoxy) is 1. The predicted molar refractivity (Wildman–Crippen MR) is 93.5 cm³/mol. The second-order valence-electron chi connectivity index (χ2n) is 4.24. The largest absolute Gasteiger partial charge is 0.492 e. The standard InChI is InChI=1S/C14H12Br2N2O4S/c1-3-21-12-8(4-9(15)6-10(12)16)5-11(13(19)20)23-14-18-17-7(2)22-14/h4-6H,3H2,1-2H3,(H,19,20)/b11-5-. The smallest absolute Gasteiger partial charge is 0.342 e. The van der Waals surface area contributed by atoms with E-state index < -0.39 is 5.97 Å². The number of benzene rings is 1. The molecule has 0 spiro atoms. The van der Waals surface area contributed by atoms with Crippen LogP contribution in [-0.2, 0) is 4.79 Å². The van der Waals surface area contributed by atoms with Crippen molar-refractivity contribution >= 4 is 55.7 Å². The second-order valence-corrected chi connectivity index (χ2v) is 7.00. The molecule has 122 valence electrons. The summed E-state index contributed by atoms with van der Waals surface area (Å²) in [5.74, 6) is -0.154. The number of halogens is 2. The van der Waals surface area contributed by atoms with Crippen molar-refractivity contribution < 1.29 is 19.1 Å². The third-order valence-electron chi connectivity index (χ3n) is 2.53. The Morgan fingerprint density at radius 2 is 2.17 bits per heavy atom. The van der Waals surface area contributed by atoms with Crippen LogP contribution in [0.1, 0.15) is 18.4 Å². The quantitative estimate of drug-likeness (QED) is 0.497. The van der Waals surface area contributed by atoms with Crippen LogP contribution in [0.5, 0.6) is 5.75 Å². The van der Waals surface area contributed by atoms with E-state index in [0.717, 1.165) is 20.7 Å². The van der Waals surface area contributed by atoms with Crippen LogP contribution in [0.15, 0.2) is 35.6 Å². The number of rotatable bonds is 6. The fourth-order valence-electron chi connectivity index (χ4n) is 1.67. The molecule has 6 nitrogen and oxygen atoms in total. The number of hydrogen-bond acceptors (Lipinski definition) is 6. The van der Waals surface area contributed by atoms with E-state index in [1.807, 2.05) is 13.0 Å². The zero-order chi connectivity index (χ0) is 17.0. The maximum absolute atomic E-state index is 11.5. The first-order chi connectivity index (χ1) is 10.9. The molecule has 0 radical (unpaired) electrons. The van der Waals surface area contributed by atoms with E-state index in [0.29, 0.717) is 23.8 Å². The molecule has 23 heavy (non-hydrogen) atoms. The van der Waals surface area contributed by atoms with Gasteiger partial charge in [0, 0.05) is 17.0 Å². The number of thioether (sulfide) groups is 1. The Kier molecular flexibility index (Phi) is 6.25. The Bertz CT molecular complexity index is 761. The number of carboxylic acid groups (broad SMARTS) is 1. The van der Waals surface area contributed by atoms with E-state index in [4.69, 9.17) is 9.15 Å². The zero-order valence-electron chi connectivity index (χ0n) is 12.2. The Hall–Kier alpha value is -1.32. The Labute approximate surface area is 153 Å². The molecule has 2 rings (SSSR count). The zero-order valence-corrected chi connectivity index (χ0v) is 16.2. The van der Waals surface area contributed by atoms with Crippen molar-refractivity contribution in [2.45, 2.75) is 19.1 Å². The molecule has 0 saturated heterocycles. The lowest BCUT2D eigenvalue weighted by molar-refractivity contribution is -0.131. The van der Waals surface area contributed by atoms with E-state index in [2.05, 4.69) is 42.1 Å². The first-order valence-electron chi connectivity index (χ1n) is 6.45. The summed E-state index contributed by atoms with van der Waals surface area (Å²) < 4.78 is 12.3. The molecule has 0 unspecified atom stereocenters. The molecule has 0 saturated carbocycles. The van der Waals surface area contributed by atoms with Crippen LogP contribution in [0.2, 0.25) is 0 Å². The fraction of sp³-hybridized carbons (Fsp3) is 0.214. The minimum atomic E-state index is -1.09. The van der Waals surface area contributed by atoms with Crippen molar-refractivity contribution in [3.8, 4) is 5.75 Å². The van der Waals surface area contributed by atoms with E-state index >= 15 is 0 Å². The van der Waals surface area contributed by atoms with Gasteiger partial charge in [-0.15, -0.1) is 10.2 Å². The van der Waals surface area contributed by atoms with Gasteiger partial charge in [0.2, 0.25) is 5.89 Å². The van der Waals surface area contributed by atoms with Crippen molar-refractivity contribution in [2.24, 2.45) is 0 Å². The number of aliphatic carboxylic acids is 1. The van der Waals surface area contributed by atoms with Crippen LogP contribution in [-0.4, -0.2) is 27.9 Å². The summed E-state index contributed by atoms with van der Waals surface area (Å²) in [5.41, 5.74) is 0.620. The highest BCUT2D eigenvalue weighted by atomic mass is 79.9. The summed E-state index contributed by atoms with van der Waals surface area (Å²) in [6.45, 7) is 3.95. The van der Waals surface area contributed by atoms with Crippen LogP contribution in [0.25, 0.3) is 6.08 Å². The van der Waals surface area contributed by atoms with Crippen molar-refractivity contribution in [1.29, 1.82) is 0 Å². The highest BCUT2D eigenvalue weighted by molar-refractivity contribution is 9.11. The van der Waals surface area contributed by atoms with Gasteiger partial charge >= 0.3 is 5.97 Å². The van der Waals surface area contributed by atoms with Gasteiger partial charge in [-0.05, 0) is 52.8 Å². The molecule has 1 aromatic carbocycles. The average molecular weight is 464 g/mol. The van der Waals surface area contributed by atoms with Crippen molar-refractivity contribution in [3.05, 3.63) is 37.4 Å². The molecule has 0 aliphatic carbocycles. The Balaban J connectivity index is 2.44. The normalized spacial score (nSPS) is 11.6. The maximum atomic E-state index is 11.5. The first kappa shape index (κ1) is 18.0.